The molecule has 21 heavy (non-hydrogen) atoms. The number of para-hydroxylation sites is 2. The highest BCUT2D eigenvalue weighted by Crippen LogP contribution is 2.26. The van der Waals surface area contributed by atoms with Gasteiger partial charge in [0.15, 0.2) is 10.9 Å². The van der Waals surface area contributed by atoms with Gasteiger partial charge in [-0.2, -0.15) is 13.5 Å². The lowest BCUT2D eigenvalue weighted by Gasteiger charge is -2.12. The molecular weight excluding hydrogens is 298 g/mol. The molecule has 0 saturated heterocycles. The number of benzene rings is 1. The Bertz CT molecular complexity index is 727. The first-order valence-corrected chi connectivity index (χ1v) is 7.21. The molecule has 0 unspecified atom stereocenters. The fourth-order valence-electron chi connectivity index (χ4n) is 1.45. The van der Waals surface area contributed by atoms with Crippen LogP contribution in [0.5, 0.6) is 5.75 Å². The van der Waals surface area contributed by atoms with E-state index in [4.69, 9.17) is 15.7 Å². The van der Waals surface area contributed by atoms with Crippen molar-refractivity contribution < 1.29 is 18.4 Å². The third-order valence-corrected chi connectivity index (χ3v) is 3.70. The minimum absolute atomic E-state index is 0.0752. The lowest BCUT2D eigenvalue weighted by atomic mass is 10.3. The van der Waals surface area contributed by atoms with E-state index in [0.29, 0.717) is 0 Å². The first-order valence-electron chi connectivity index (χ1n) is 5.73. The molecule has 0 atom stereocenters. The minimum Gasteiger partial charge on any atom is -0.483 e. The van der Waals surface area contributed by atoms with E-state index in [2.05, 4.69) is 20.1 Å². The summed E-state index contributed by atoms with van der Waals surface area (Å²) in [6.07, 6.45) is 1.33. The van der Waals surface area contributed by atoms with Crippen LogP contribution in [0.3, 0.4) is 0 Å². The van der Waals surface area contributed by atoms with Crippen LogP contribution >= 0.6 is 0 Å². The number of aromatic amines is 1. The maximum absolute atomic E-state index is 12.1. The molecule has 0 fully saturated rings. The Morgan fingerprint density at radius 3 is 2.86 bits per heavy atom. The zero-order valence-electron chi connectivity index (χ0n) is 10.7. The minimum atomic E-state index is -3.80. The molecular formula is C11H13N5O4S. The summed E-state index contributed by atoms with van der Waals surface area (Å²) in [6.45, 7) is -0.181. The number of nitrogens with one attached hydrogen (secondary N) is 2. The van der Waals surface area contributed by atoms with Crippen LogP contribution in [0.25, 0.3) is 0 Å². The second-order valence-electron chi connectivity index (χ2n) is 3.90. The van der Waals surface area contributed by atoms with Crippen molar-refractivity contribution in [3.63, 3.8) is 0 Å². The van der Waals surface area contributed by atoms with Gasteiger partial charge in [-0.15, -0.1) is 0 Å². The molecule has 5 N–H and O–H groups in total. The summed E-state index contributed by atoms with van der Waals surface area (Å²) in [5.41, 5.74) is 5.52. The number of nitrogens with two attached hydrogens (primary N) is 1. The monoisotopic (exact) mass is 311 g/mol. The molecule has 2 aromatic rings. The highest BCUT2D eigenvalue weighted by atomic mass is 32.2. The number of anilines is 1. The number of oxime groups is 1. The normalized spacial score (nSPS) is 12.1. The molecule has 0 amide bonds. The van der Waals surface area contributed by atoms with Crippen LogP contribution in [-0.4, -0.2) is 36.3 Å². The molecule has 112 valence electrons. The van der Waals surface area contributed by atoms with Gasteiger partial charge in [-0.3, -0.25) is 9.82 Å². The van der Waals surface area contributed by atoms with Crippen LogP contribution in [0.15, 0.2) is 46.7 Å². The number of aromatic nitrogens is 2. The first kappa shape index (κ1) is 14.7. The van der Waals surface area contributed by atoms with Gasteiger partial charge >= 0.3 is 0 Å². The lowest BCUT2D eigenvalue weighted by Crippen LogP contribution is -2.21. The average molecular weight is 311 g/mol. The second kappa shape index (κ2) is 6.13. The zero-order chi connectivity index (χ0) is 15.3. The fourth-order valence-corrected chi connectivity index (χ4v) is 2.43. The number of hydrogen-bond acceptors (Lipinski definition) is 6. The molecule has 0 saturated carbocycles. The summed E-state index contributed by atoms with van der Waals surface area (Å²) in [5, 5.41) is 17.1. The van der Waals surface area contributed by atoms with Gasteiger partial charge in [-0.1, -0.05) is 17.3 Å². The van der Waals surface area contributed by atoms with Crippen molar-refractivity contribution in [2.24, 2.45) is 10.9 Å². The van der Waals surface area contributed by atoms with E-state index in [0.717, 1.165) is 0 Å². The fraction of sp³-hybridized carbons (Fsp3) is 0.0909. The smallest absolute Gasteiger partial charge is 0.278 e. The Hall–Kier alpha value is -2.75. The third-order valence-electron chi connectivity index (χ3n) is 2.40. The molecule has 0 aliphatic carbocycles. The highest BCUT2D eigenvalue weighted by molar-refractivity contribution is 7.92. The number of ether oxygens (including phenoxy) is 1. The van der Waals surface area contributed by atoms with E-state index >= 15 is 0 Å². The summed E-state index contributed by atoms with van der Waals surface area (Å²) in [6, 6.07) is 7.70. The second-order valence-corrected chi connectivity index (χ2v) is 5.55. The molecule has 1 aromatic heterocycles. The van der Waals surface area contributed by atoms with Crippen LogP contribution in [0.2, 0.25) is 0 Å². The van der Waals surface area contributed by atoms with Gasteiger partial charge in [0.25, 0.3) is 10.0 Å². The van der Waals surface area contributed by atoms with Crippen molar-refractivity contribution >= 4 is 21.5 Å². The zero-order valence-corrected chi connectivity index (χ0v) is 11.5. The molecule has 2 rings (SSSR count). The summed E-state index contributed by atoms with van der Waals surface area (Å²) in [7, 11) is -3.80. The number of amidine groups is 1. The van der Waals surface area contributed by atoms with Gasteiger partial charge in [-0.25, -0.2) is 0 Å². The molecule has 0 bridgehead atoms. The molecule has 1 aromatic carbocycles. The molecule has 10 heteroatoms. The van der Waals surface area contributed by atoms with E-state index in [1.807, 2.05) is 0 Å². The molecule has 0 spiro atoms. The summed E-state index contributed by atoms with van der Waals surface area (Å²) >= 11 is 0. The van der Waals surface area contributed by atoms with Crippen molar-refractivity contribution in [2.45, 2.75) is 5.03 Å². The number of H-pyrrole nitrogens is 1. The van der Waals surface area contributed by atoms with Crippen LogP contribution in [0, 0.1) is 0 Å². The van der Waals surface area contributed by atoms with Crippen molar-refractivity contribution in [1.82, 2.24) is 10.2 Å². The molecule has 0 aliphatic rings. The van der Waals surface area contributed by atoms with Crippen LogP contribution in [-0.2, 0) is 10.0 Å². The van der Waals surface area contributed by atoms with E-state index in [9.17, 15) is 8.42 Å². The SMILES string of the molecule is N/C(COc1ccccc1NS(=O)(=O)c1ccn[nH]1)=N/O. The maximum atomic E-state index is 12.1. The number of hydrogen-bond donors (Lipinski definition) is 4. The molecule has 1 heterocycles. The molecule has 9 nitrogen and oxygen atoms in total. The van der Waals surface area contributed by atoms with Crippen molar-refractivity contribution in [2.75, 3.05) is 11.3 Å². The van der Waals surface area contributed by atoms with Crippen molar-refractivity contribution in [3.05, 3.63) is 36.5 Å². The molecule has 0 aliphatic heterocycles. The Morgan fingerprint density at radius 2 is 2.19 bits per heavy atom. The quantitative estimate of drug-likeness (QED) is 0.262. The summed E-state index contributed by atoms with van der Waals surface area (Å²) in [5.74, 6) is 0.105. The Morgan fingerprint density at radius 1 is 1.43 bits per heavy atom. The van der Waals surface area contributed by atoms with Gasteiger partial charge in [0.2, 0.25) is 0 Å². The van der Waals surface area contributed by atoms with Gasteiger partial charge in [-0.05, 0) is 18.2 Å². The topological polar surface area (TPSA) is 143 Å². The summed E-state index contributed by atoms with van der Waals surface area (Å²) in [4.78, 5) is 0. The molecule has 0 radical (unpaired) electrons. The van der Waals surface area contributed by atoms with Crippen molar-refractivity contribution in [1.29, 1.82) is 0 Å². The van der Waals surface area contributed by atoms with Crippen molar-refractivity contribution in [3.8, 4) is 5.75 Å². The van der Waals surface area contributed by atoms with E-state index < -0.39 is 10.0 Å². The Kier molecular flexibility index (Phi) is 4.28. The Balaban J connectivity index is 2.21. The van der Waals surface area contributed by atoms with Gasteiger partial charge in [0, 0.05) is 0 Å². The summed E-state index contributed by atoms with van der Waals surface area (Å²) < 4.78 is 31.8. The number of rotatable bonds is 6. The number of nitrogens with zero attached hydrogens (tertiary/aromatic N) is 2. The van der Waals surface area contributed by atoms with Gasteiger partial charge in [0.05, 0.1) is 11.9 Å². The Labute approximate surface area is 120 Å². The standard InChI is InChI=1S/C11H13N5O4S/c12-10(15-17)7-20-9-4-2-1-3-8(9)16-21(18,19)11-5-6-13-14-11/h1-6,16-17H,7H2,(H2,12,15)(H,13,14). The lowest BCUT2D eigenvalue weighted by molar-refractivity contribution is 0.306. The van der Waals surface area contributed by atoms with Gasteiger partial charge in [0.1, 0.15) is 12.4 Å². The third kappa shape index (κ3) is 3.63. The largest absolute Gasteiger partial charge is 0.483 e. The van der Waals surface area contributed by atoms with E-state index in [-0.39, 0.29) is 28.9 Å². The predicted molar refractivity (Wildman–Crippen MR) is 74.7 cm³/mol. The first-order chi connectivity index (χ1) is 10.0. The highest BCUT2D eigenvalue weighted by Gasteiger charge is 2.17. The van der Waals surface area contributed by atoms with E-state index in [1.54, 1.807) is 18.2 Å². The average Bonchev–Trinajstić information content (AvgIpc) is 3.00. The number of sulfonamides is 1. The maximum Gasteiger partial charge on any atom is 0.278 e. The van der Waals surface area contributed by atoms with E-state index in [1.165, 1.54) is 18.3 Å². The van der Waals surface area contributed by atoms with Crippen LogP contribution < -0.4 is 15.2 Å². The predicted octanol–water partition coefficient (Wildman–Crippen LogP) is 0.336. The van der Waals surface area contributed by atoms with Crippen LogP contribution in [0.1, 0.15) is 0 Å². The van der Waals surface area contributed by atoms with Gasteiger partial charge < -0.3 is 15.7 Å². The van der Waals surface area contributed by atoms with Crippen LogP contribution in [0.4, 0.5) is 5.69 Å².